The standard InChI is InChI=1S/C10H14F3N3O/c1-2-5-16-6-3-14-9(16)15-4-7-17-8-10(11,12)13/h2-3,6H,1,4-5,7-8H2,(H,14,15). The molecule has 1 aromatic heterocycles. The van der Waals surface area contributed by atoms with Gasteiger partial charge >= 0.3 is 6.18 Å². The summed E-state index contributed by atoms with van der Waals surface area (Å²) in [5.41, 5.74) is 0. The van der Waals surface area contributed by atoms with E-state index in [0.29, 0.717) is 12.5 Å². The van der Waals surface area contributed by atoms with Gasteiger partial charge in [-0.1, -0.05) is 6.08 Å². The molecule has 0 bridgehead atoms. The summed E-state index contributed by atoms with van der Waals surface area (Å²) < 4.78 is 41.5. The van der Waals surface area contributed by atoms with Crippen molar-refractivity contribution in [1.82, 2.24) is 9.55 Å². The summed E-state index contributed by atoms with van der Waals surface area (Å²) in [5.74, 6) is 0.584. The Balaban J connectivity index is 2.22. The lowest BCUT2D eigenvalue weighted by Crippen LogP contribution is -2.20. The van der Waals surface area contributed by atoms with Crippen molar-refractivity contribution >= 4 is 5.95 Å². The third-order valence-corrected chi connectivity index (χ3v) is 1.84. The third kappa shape index (κ3) is 5.39. The van der Waals surface area contributed by atoms with Gasteiger partial charge in [-0.05, 0) is 0 Å². The number of hydrogen-bond acceptors (Lipinski definition) is 3. The zero-order valence-electron chi connectivity index (χ0n) is 9.20. The molecule has 0 fully saturated rings. The van der Waals surface area contributed by atoms with Crippen molar-refractivity contribution in [2.24, 2.45) is 0 Å². The van der Waals surface area contributed by atoms with E-state index in [1.165, 1.54) is 0 Å². The van der Waals surface area contributed by atoms with Gasteiger partial charge in [0.15, 0.2) is 0 Å². The molecule has 0 aliphatic heterocycles. The Morgan fingerprint density at radius 2 is 2.29 bits per heavy atom. The van der Waals surface area contributed by atoms with E-state index in [4.69, 9.17) is 0 Å². The van der Waals surface area contributed by atoms with Crippen LogP contribution in [0.15, 0.2) is 25.0 Å². The van der Waals surface area contributed by atoms with Crippen LogP contribution in [-0.4, -0.2) is 35.5 Å². The van der Waals surface area contributed by atoms with E-state index in [-0.39, 0.29) is 13.2 Å². The van der Waals surface area contributed by atoms with Gasteiger partial charge in [0.2, 0.25) is 5.95 Å². The molecular weight excluding hydrogens is 235 g/mol. The summed E-state index contributed by atoms with van der Waals surface area (Å²) >= 11 is 0. The van der Waals surface area contributed by atoms with Crippen LogP contribution in [0.3, 0.4) is 0 Å². The van der Waals surface area contributed by atoms with Gasteiger partial charge in [0.05, 0.1) is 6.61 Å². The zero-order chi connectivity index (χ0) is 12.7. The van der Waals surface area contributed by atoms with Crippen molar-refractivity contribution in [3.63, 3.8) is 0 Å². The lowest BCUT2D eigenvalue weighted by Gasteiger charge is -2.09. The fourth-order valence-corrected chi connectivity index (χ4v) is 1.19. The molecule has 1 aromatic rings. The van der Waals surface area contributed by atoms with Gasteiger partial charge in [0.25, 0.3) is 0 Å². The predicted molar refractivity (Wildman–Crippen MR) is 57.8 cm³/mol. The van der Waals surface area contributed by atoms with E-state index in [0.717, 1.165) is 0 Å². The van der Waals surface area contributed by atoms with Gasteiger partial charge in [-0.15, -0.1) is 6.58 Å². The summed E-state index contributed by atoms with van der Waals surface area (Å²) in [6.07, 6.45) is 0.775. The molecule has 96 valence electrons. The molecule has 0 aliphatic rings. The molecule has 1 heterocycles. The maximum absolute atomic E-state index is 11.7. The van der Waals surface area contributed by atoms with Crippen LogP contribution >= 0.6 is 0 Å². The Kier molecular flexibility index (Phi) is 5.02. The van der Waals surface area contributed by atoms with Crippen LogP contribution in [0.25, 0.3) is 0 Å². The van der Waals surface area contributed by atoms with E-state index in [1.54, 1.807) is 23.0 Å². The molecule has 0 atom stereocenters. The van der Waals surface area contributed by atoms with Crippen LogP contribution in [0, 0.1) is 0 Å². The number of ether oxygens (including phenoxy) is 1. The van der Waals surface area contributed by atoms with Crippen molar-refractivity contribution in [3.05, 3.63) is 25.0 Å². The normalized spacial score (nSPS) is 11.5. The van der Waals surface area contributed by atoms with E-state index < -0.39 is 12.8 Å². The van der Waals surface area contributed by atoms with E-state index >= 15 is 0 Å². The molecule has 0 radical (unpaired) electrons. The molecule has 7 heteroatoms. The lowest BCUT2D eigenvalue weighted by atomic mass is 10.6. The second kappa shape index (κ2) is 6.29. The van der Waals surface area contributed by atoms with Crippen molar-refractivity contribution in [3.8, 4) is 0 Å². The highest BCUT2D eigenvalue weighted by molar-refractivity contribution is 5.25. The average Bonchev–Trinajstić information content (AvgIpc) is 2.64. The minimum Gasteiger partial charge on any atom is -0.370 e. The van der Waals surface area contributed by atoms with E-state index in [2.05, 4.69) is 21.6 Å². The molecule has 17 heavy (non-hydrogen) atoms. The molecule has 0 spiro atoms. The van der Waals surface area contributed by atoms with Crippen molar-refractivity contribution in [2.75, 3.05) is 25.1 Å². The summed E-state index contributed by atoms with van der Waals surface area (Å²) in [5, 5.41) is 2.88. The molecule has 0 aliphatic carbocycles. The molecule has 1 rings (SSSR count). The highest BCUT2D eigenvalue weighted by Crippen LogP contribution is 2.14. The Bertz CT molecular complexity index is 349. The first-order chi connectivity index (χ1) is 8.03. The highest BCUT2D eigenvalue weighted by atomic mass is 19.4. The maximum atomic E-state index is 11.7. The largest absolute Gasteiger partial charge is 0.411 e. The van der Waals surface area contributed by atoms with Gasteiger partial charge in [0.1, 0.15) is 6.61 Å². The minimum atomic E-state index is -4.28. The van der Waals surface area contributed by atoms with Crippen molar-refractivity contribution < 1.29 is 17.9 Å². The van der Waals surface area contributed by atoms with E-state index in [1.807, 2.05) is 0 Å². The second-order valence-corrected chi connectivity index (χ2v) is 3.29. The maximum Gasteiger partial charge on any atom is 0.411 e. The number of nitrogens with one attached hydrogen (secondary N) is 1. The van der Waals surface area contributed by atoms with Gasteiger partial charge in [-0.25, -0.2) is 4.98 Å². The number of rotatable bonds is 7. The first-order valence-corrected chi connectivity index (χ1v) is 5.03. The molecule has 0 aromatic carbocycles. The van der Waals surface area contributed by atoms with Crippen LogP contribution < -0.4 is 5.32 Å². The number of hydrogen-bond donors (Lipinski definition) is 1. The number of imidazole rings is 1. The van der Waals surface area contributed by atoms with Gasteiger partial charge in [0, 0.05) is 25.5 Å². The Morgan fingerprint density at radius 3 is 2.94 bits per heavy atom. The predicted octanol–water partition coefficient (Wildman–Crippen LogP) is 2.06. The van der Waals surface area contributed by atoms with Crippen molar-refractivity contribution in [2.45, 2.75) is 12.7 Å². The summed E-state index contributed by atoms with van der Waals surface area (Å²) in [6.45, 7) is 3.19. The number of aromatic nitrogens is 2. The Morgan fingerprint density at radius 1 is 1.53 bits per heavy atom. The minimum absolute atomic E-state index is 0.0273. The van der Waals surface area contributed by atoms with Crippen LogP contribution in [-0.2, 0) is 11.3 Å². The molecule has 0 amide bonds. The number of allylic oxidation sites excluding steroid dienone is 1. The van der Waals surface area contributed by atoms with Crippen LogP contribution in [0.4, 0.5) is 19.1 Å². The molecule has 0 unspecified atom stereocenters. The second-order valence-electron chi connectivity index (χ2n) is 3.29. The molecular formula is C10H14F3N3O. The van der Waals surface area contributed by atoms with Gasteiger partial charge in [-0.3, -0.25) is 0 Å². The van der Waals surface area contributed by atoms with Gasteiger partial charge < -0.3 is 14.6 Å². The zero-order valence-corrected chi connectivity index (χ0v) is 9.20. The van der Waals surface area contributed by atoms with E-state index in [9.17, 15) is 13.2 Å². The molecule has 4 nitrogen and oxygen atoms in total. The Labute approximate surface area is 97.1 Å². The fourth-order valence-electron chi connectivity index (χ4n) is 1.19. The first-order valence-electron chi connectivity index (χ1n) is 5.03. The topological polar surface area (TPSA) is 39.1 Å². The smallest absolute Gasteiger partial charge is 0.370 e. The van der Waals surface area contributed by atoms with Gasteiger partial charge in [-0.2, -0.15) is 13.2 Å². The number of anilines is 1. The third-order valence-electron chi connectivity index (χ3n) is 1.84. The summed E-state index contributed by atoms with van der Waals surface area (Å²) in [4.78, 5) is 4.01. The Hall–Kier alpha value is -1.50. The SMILES string of the molecule is C=CCn1ccnc1NCCOCC(F)(F)F. The summed E-state index contributed by atoms with van der Waals surface area (Å²) in [6, 6.07) is 0. The molecule has 1 N–H and O–H groups in total. The number of nitrogens with zero attached hydrogens (tertiary/aromatic N) is 2. The van der Waals surface area contributed by atoms with Crippen molar-refractivity contribution in [1.29, 1.82) is 0 Å². The quantitative estimate of drug-likeness (QED) is 0.594. The van der Waals surface area contributed by atoms with Crippen LogP contribution in [0.1, 0.15) is 0 Å². The fraction of sp³-hybridized carbons (Fsp3) is 0.500. The monoisotopic (exact) mass is 249 g/mol. The van der Waals surface area contributed by atoms with Crippen LogP contribution in [0.5, 0.6) is 0 Å². The van der Waals surface area contributed by atoms with Crippen LogP contribution in [0.2, 0.25) is 0 Å². The lowest BCUT2D eigenvalue weighted by molar-refractivity contribution is -0.172. The summed E-state index contributed by atoms with van der Waals surface area (Å²) in [7, 11) is 0. The first kappa shape index (κ1) is 13.6. The molecule has 0 saturated carbocycles. The highest BCUT2D eigenvalue weighted by Gasteiger charge is 2.27. The number of alkyl halides is 3. The molecule has 0 saturated heterocycles. The average molecular weight is 249 g/mol. The number of halogens is 3.